The Morgan fingerprint density at radius 2 is 1.87 bits per heavy atom. The molecule has 84 valence electrons. The lowest BCUT2D eigenvalue weighted by molar-refractivity contribution is 0.131. The fourth-order valence-electron chi connectivity index (χ4n) is 1.53. The topological polar surface area (TPSA) is 49.7 Å². The van der Waals surface area contributed by atoms with Crippen molar-refractivity contribution in [3.05, 3.63) is 28.8 Å². The van der Waals surface area contributed by atoms with Crippen LogP contribution in [0.25, 0.3) is 0 Å². The van der Waals surface area contributed by atoms with E-state index >= 15 is 0 Å². The summed E-state index contributed by atoms with van der Waals surface area (Å²) in [6.45, 7) is 3.96. The van der Waals surface area contributed by atoms with Crippen LogP contribution in [0.15, 0.2) is 12.1 Å². The third-order valence-electron chi connectivity index (χ3n) is 2.61. The average Bonchev–Trinajstić information content (AvgIpc) is 2.21. The molecule has 3 heteroatoms. The normalized spacial score (nSPS) is 12.6. The summed E-state index contributed by atoms with van der Waals surface area (Å²) in [4.78, 5) is 0. The number of aryl methyl sites for hydroxylation is 2. The highest BCUT2D eigenvalue weighted by Gasteiger charge is 2.13. The van der Waals surface area contributed by atoms with E-state index in [0.717, 1.165) is 16.7 Å². The van der Waals surface area contributed by atoms with Crippen molar-refractivity contribution < 1.29 is 14.9 Å². The third kappa shape index (κ3) is 2.70. The Labute approximate surface area is 90.3 Å². The van der Waals surface area contributed by atoms with Crippen molar-refractivity contribution in [1.29, 1.82) is 0 Å². The number of rotatable bonds is 4. The first-order valence-corrected chi connectivity index (χ1v) is 5.04. The van der Waals surface area contributed by atoms with E-state index < -0.39 is 6.10 Å². The first-order chi connectivity index (χ1) is 7.10. The molecular formula is C12H18O3. The van der Waals surface area contributed by atoms with Gasteiger partial charge in [0.05, 0.1) is 13.2 Å². The van der Waals surface area contributed by atoms with Gasteiger partial charge in [-0.3, -0.25) is 0 Å². The quantitative estimate of drug-likeness (QED) is 0.795. The molecule has 1 atom stereocenters. The molecule has 0 aliphatic rings. The maximum atomic E-state index is 9.81. The molecule has 0 saturated heterocycles. The Morgan fingerprint density at radius 1 is 1.27 bits per heavy atom. The van der Waals surface area contributed by atoms with Gasteiger partial charge in [0.1, 0.15) is 5.75 Å². The van der Waals surface area contributed by atoms with Crippen molar-refractivity contribution in [2.24, 2.45) is 0 Å². The summed E-state index contributed by atoms with van der Waals surface area (Å²) in [6, 6.07) is 3.82. The molecule has 3 nitrogen and oxygen atoms in total. The molecule has 0 aliphatic heterocycles. The standard InChI is InChI=1S/C12H18O3/c1-8-6-10(11(14)4-5-13)12(15-3)7-9(8)2/h6-7,11,13-14H,4-5H2,1-3H3. The minimum atomic E-state index is -0.663. The molecule has 1 aromatic rings. The summed E-state index contributed by atoms with van der Waals surface area (Å²) >= 11 is 0. The number of benzene rings is 1. The summed E-state index contributed by atoms with van der Waals surface area (Å²) in [5.41, 5.74) is 2.99. The van der Waals surface area contributed by atoms with Crippen LogP contribution in [0.3, 0.4) is 0 Å². The van der Waals surface area contributed by atoms with Crippen LogP contribution in [0, 0.1) is 13.8 Å². The average molecular weight is 210 g/mol. The van der Waals surface area contributed by atoms with E-state index in [1.807, 2.05) is 26.0 Å². The Kier molecular flexibility index (Phi) is 4.12. The van der Waals surface area contributed by atoms with Crippen LogP contribution in [-0.4, -0.2) is 23.9 Å². The van der Waals surface area contributed by atoms with Gasteiger partial charge in [-0.25, -0.2) is 0 Å². The van der Waals surface area contributed by atoms with Gasteiger partial charge in [0.2, 0.25) is 0 Å². The molecule has 0 radical (unpaired) electrons. The lowest BCUT2D eigenvalue weighted by Gasteiger charge is -2.16. The number of ether oxygens (including phenoxy) is 1. The predicted octanol–water partition coefficient (Wildman–Crippen LogP) is 1.73. The van der Waals surface area contributed by atoms with Crippen LogP contribution in [0.5, 0.6) is 5.75 Å². The highest BCUT2D eigenvalue weighted by atomic mass is 16.5. The number of hydrogen-bond acceptors (Lipinski definition) is 3. The van der Waals surface area contributed by atoms with E-state index in [-0.39, 0.29) is 6.61 Å². The molecule has 0 aromatic heterocycles. The fraction of sp³-hybridized carbons (Fsp3) is 0.500. The van der Waals surface area contributed by atoms with Gasteiger partial charge in [-0.2, -0.15) is 0 Å². The summed E-state index contributed by atoms with van der Waals surface area (Å²) in [7, 11) is 1.58. The SMILES string of the molecule is COc1cc(C)c(C)cc1C(O)CCO. The summed E-state index contributed by atoms with van der Waals surface area (Å²) < 4.78 is 5.21. The fourth-order valence-corrected chi connectivity index (χ4v) is 1.53. The van der Waals surface area contributed by atoms with Crippen LogP contribution in [0.2, 0.25) is 0 Å². The Bertz CT molecular complexity index is 334. The van der Waals surface area contributed by atoms with Crippen LogP contribution in [0.1, 0.15) is 29.2 Å². The molecule has 0 aliphatic carbocycles. The predicted molar refractivity (Wildman–Crippen MR) is 59.1 cm³/mol. The number of methoxy groups -OCH3 is 1. The first kappa shape index (κ1) is 12.0. The summed E-state index contributed by atoms with van der Waals surface area (Å²) in [5, 5.41) is 18.6. The minimum Gasteiger partial charge on any atom is -0.496 e. The second-order valence-corrected chi connectivity index (χ2v) is 3.71. The van der Waals surface area contributed by atoms with E-state index in [1.165, 1.54) is 0 Å². The number of aliphatic hydroxyl groups excluding tert-OH is 2. The molecule has 1 unspecified atom stereocenters. The molecule has 0 saturated carbocycles. The van der Waals surface area contributed by atoms with Crippen molar-refractivity contribution >= 4 is 0 Å². The Hall–Kier alpha value is -1.06. The van der Waals surface area contributed by atoms with Crippen LogP contribution >= 0.6 is 0 Å². The smallest absolute Gasteiger partial charge is 0.124 e. The van der Waals surface area contributed by atoms with Crippen LogP contribution in [0.4, 0.5) is 0 Å². The Morgan fingerprint density at radius 3 is 2.40 bits per heavy atom. The molecule has 1 rings (SSSR count). The van der Waals surface area contributed by atoms with Crippen molar-refractivity contribution in [3.63, 3.8) is 0 Å². The molecule has 15 heavy (non-hydrogen) atoms. The highest BCUT2D eigenvalue weighted by molar-refractivity contribution is 5.42. The zero-order valence-electron chi connectivity index (χ0n) is 9.45. The maximum Gasteiger partial charge on any atom is 0.124 e. The van der Waals surface area contributed by atoms with Crippen LogP contribution < -0.4 is 4.74 Å². The Balaban J connectivity index is 3.09. The van der Waals surface area contributed by atoms with Gasteiger partial charge in [0.15, 0.2) is 0 Å². The first-order valence-electron chi connectivity index (χ1n) is 5.04. The lowest BCUT2D eigenvalue weighted by atomic mass is 10.00. The van der Waals surface area contributed by atoms with Crippen molar-refractivity contribution in [3.8, 4) is 5.75 Å². The van der Waals surface area contributed by atoms with E-state index in [2.05, 4.69) is 0 Å². The van der Waals surface area contributed by atoms with Gasteiger partial charge in [-0.1, -0.05) is 0 Å². The highest BCUT2D eigenvalue weighted by Crippen LogP contribution is 2.29. The van der Waals surface area contributed by atoms with Crippen molar-refractivity contribution in [2.75, 3.05) is 13.7 Å². The monoisotopic (exact) mass is 210 g/mol. The van der Waals surface area contributed by atoms with Crippen molar-refractivity contribution in [2.45, 2.75) is 26.4 Å². The van der Waals surface area contributed by atoms with E-state index in [0.29, 0.717) is 12.2 Å². The number of hydrogen-bond donors (Lipinski definition) is 2. The zero-order chi connectivity index (χ0) is 11.4. The lowest BCUT2D eigenvalue weighted by Crippen LogP contribution is -2.04. The number of aliphatic hydroxyl groups is 2. The molecule has 1 aromatic carbocycles. The molecule has 0 amide bonds. The van der Waals surface area contributed by atoms with Crippen LogP contribution in [-0.2, 0) is 0 Å². The second kappa shape index (κ2) is 5.14. The largest absolute Gasteiger partial charge is 0.496 e. The maximum absolute atomic E-state index is 9.81. The van der Waals surface area contributed by atoms with E-state index in [1.54, 1.807) is 7.11 Å². The molecule has 0 spiro atoms. The van der Waals surface area contributed by atoms with Gasteiger partial charge >= 0.3 is 0 Å². The second-order valence-electron chi connectivity index (χ2n) is 3.71. The van der Waals surface area contributed by atoms with E-state index in [4.69, 9.17) is 9.84 Å². The minimum absolute atomic E-state index is 0.0305. The molecule has 2 N–H and O–H groups in total. The van der Waals surface area contributed by atoms with E-state index in [9.17, 15) is 5.11 Å². The van der Waals surface area contributed by atoms with Gasteiger partial charge < -0.3 is 14.9 Å². The summed E-state index contributed by atoms with van der Waals surface area (Å²) in [5.74, 6) is 0.680. The van der Waals surface area contributed by atoms with Gasteiger partial charge in [0.25, 0.3) is 0 Å². The summed E-state index contributed by atoms with van der Waals surface area (Å²) in [6.07, 6.45) is -0.331. The van der Waals surface area contributed by atoms with Gasteiger partial charge in [-0.15, -0.1) is 0 Å². The van der Waals surface area contributed by atoms with Gasteiger partial charge in [0, 0.05) is 18.6 Å². The zero-order valence-corrected chi connectivity index (χ0v) is 9.45. The molecule has 0 fully saturated rings. The van der Waals surface area contributed by atoms with Gasteiger partial charge in [-0.05, 0) is 37.1 Å². The molecular weight excluding hydrogens is 192 g/mol. The van der Waals surface area contributed by atoms with Crippen molar-refractivity contribution in [1.82, 2.24) is 0 Å². The third-order valence-corrected chi connectivity index (χ3v) is 2.61. The molecule has 0 heterocycles. The molecule has 0 bridgehead atoms.